The Hall–Kier alpha value is -0.921. The van der Waals surface area contributed by atoms with Crippen LogP contribution in [0.1, 0.15) is 11.6 Å². The van der Waals surface area contributed by atoms with Crippen LogP contribution < -0.4 is 0 Å². The molecule has 3 heteroatoms. The van der Waals surface area contributed by atoms with Crippen LogP contribution >= 0.6 is 0 Å². The Balaban J connectivity index is 0.000000980. The van der Waals surface area contributed by atoms with Gasteiger partial charge in [-0.15, -0.1) is 6.20 Å². The predicted octanol–water partition coefficient (Wildman–Crippen LogP) is 3.28. The fourth-order valence-electron chi connectivity index (χ4n) is 1.20. The van der Waals surface area contributed by atoms with Gasteiger partial charge in [-0.1, -0.05) is 12.1 Å². The molecule has 1 atom stereocenters. The number of benzene rings is 1. The van der Waals surface area contributed by atoms with Gasteiger partial charge in [0.2, 0.25) is 0 Å². The molecular formula is C11H8FIrN-2. The summed E-state index contributed by atoms with van der Waals surface area (Å²) in [7, 11) is 0. The maximum absolute atomic E-state index is 12.5. The molecule has 0 aromatic heterocycles. The van der Waals surface area contributed by atoms with Gasteiger partial charge < -0.3 is 5.32 Å². The van der Waals surface area contributed by atoms with Crippen molar-refractivity contribution in [1.29, 1.82) is 0 Å². The van der Waals surface area contributed by atoms with Crippen molar-refractivity contribution < 1.29 is 24.5 Å². The molecule has 14 heavy (non-hydrogen) atoms. The second-order valence-corrected chi connectivity index (χ2v) is 2.78. The fraction of sp³-hybridized carbons (Fsp3) is 0.0909. The molecule has 1 radical (unpaired) electrons. The molecule has 1 aromatic carbocycles. The minimum atomic E-state index is -0.299. The zero-order chi connectivity index (χ0) is 9.10. The summed E-state index contributed by atoms with van der Waals surface area (Å²) in [5, 5.41) is 4.03. The Labute approximate surface area is 96.1 Å². The van der Waals surface area contributed by atoms with Gasteiger partial charge in [0.05, 0.1) is 0 Å². The van der Waals surface area contributed by atoms with E-state index in [1.165, 1.54) is 12.3 Å². The second-order valence-electron chi connectivity index (χ2n) is 2.78. The third-order valence-electron chi connectivity index (χ3n) is 1.85. The molecule has 0 aliphatic carbocycles. The average Bonchev–Trinajstić information content (AvgIpc) is 2.20. The van der Waals surface area contributed by atoms with E-state index < -0.39 is 0 Å². The van der Waals surface area contributed by atoms with Crippen molar-refractivity contribution in [3.8, 4) is 0 Å². The molecule has 1 aliphatic heterocycles. The minimum Gasteiger partial charge on any atom is -0.680 e. The molecule has 75 valence electrons. The maximum Gasteiger partial charge on any atom is 0.100 e. The standard InChI is InChI=1S/C11H8FN.Ir/c12-10-6-7-11(13-8-10)9-4-2-1-3-5-9;/h1-4,6-8,11H;/q-2;. The molecule has 0 N–H and O–H groups in total. The normalized spacial score (nSPS) is 19.2. The molecule has 0 bridgehead atoms. The Bertz CT molecular complexity index is 346. The molecule has 1 unspecified atom stereocenters. The fourth-order valence-corrected chi connectivity index (χ4v) is 1.20. The Morgan fingerprint density at radius 3 is 2.79 bits per heavy atom. The van der Waals surface area contributed by atoms with Crippen molar-refractivity contribution in [2.45, 2.75) is 6.04 Å². The molecule has 0 fully saturated rings. The summed E-state index contributed by atoms with van der Waals surface area (Å²) in [4.78, 5) is 0. The zero-order valence-electron chi connectivity index (χ0n) is 7.28. The molecular weight excluding hydrogens is 357 g/mol. The van der Waals surface area contributed by atoms with Crippen molar-refractivity contribution >= 4 is 0 Å². The Morgan fingerprint density at radius 1 is 1.36 bits per heavy atom. The molecule has 0 amide bonds. The van der Waals surface area contributed by atoms with Crippen LogP contribution in [0.25, 0.3) is 5.32 Å². The first kappa shape index (κ1) is 11.2. The van der Waals surface area contributed by atoms with E-state index in [1.54, 1.807) is 6.08 Å². The van der Waals surface area contributed by atoms with E-state index in [0.29, 0.717) is 0 Å². The molecule has 1 aromatic rings. The third-order valence-corrected chi connectivity index (χ3v) is 1.85. The largest absolute Gasteiger partial charge is 0.680 e. The van der Waals surface area contributed by atoms with Gasteiger partial charge in [-0.3, -0.25) is 0 Å². The van der Waals surface area contributed by atoms with E-state index in [-0.39, 0.29) is 32.0 Å². The molecule has 2 rings (SSSR count). The van der Waals surface area contributed by atoms with Crippen molar-refractivity contribution in [3.05, 3.63) is 65.4 Å². The van der Waals surface area contributed by atoms with Gasteiger partial charge in [0.15, 0.2) is 0 Å². The molecule has 1 nitrogen and oxygen atoms in total. The first-order valence-corrected chi connectivity index (χ1v) is 4.07. The van der Waals surface area contributed by atoms with E-state index in [4.69, 9.17) is 0 Å². The molecule has 0 saturated carbocycles. The first-order valence-electron chi connectivity index (χ1n) is 4.07. The maximum atomic E-state index is 12.5. The van der Waals surface area contributed by atoms with Gasteiger partial charge in [0.25, 0.3) is 0 Å². The second kappa shape index (κ2) is 5.08. The van der Waals surface area contributed by atoms with Gasteiger partial charge in [-0.05, 0) is 6.08 Å². The molecule has 1 aliphatic rings. The van der Waals surface area contributed by atoms with Gasteiger partial charge in [-0.2, -0.15) is 35.9 Å². The summed E-state index contributed by atoms with van der Waals surface area (Å²) in [5.74, 6) is -0.299. The van der Waals surface area contributed by atoms with Crippen LogP contribution in [0.3, 0.4) is 0 Å². The minimum absolute atomic E-state index is 0. The van der Waals surface area contributed by atoms with Gasteiger partial charge >= 0.3 is 0 Å². The average molecular weight is 365 g/mol. The Kier molecular flexibility index (Phi) is 4.05. The van der Waals surface area contributed by atoms with Crippen LogP contribution in [0.5, 0.6) is 0 Å². The zero-order valence-corrected chi connectivity index (χ0v) is 9.67. The SMILES string of the molecule is FC1=C[N-]C(c2[c-]cccc2)C=C1.[Ir]. The topological polar surface area (TPSA) is 14.1 Å². The smallest absolute Gasteiger partial charge is 0.100 e. The summed E-state index contributed by atoms with van der Waals surface area (Å²) in [6, 6.07) is 10.5. The quantitative estimate of drug-likeness (QED) is 0.678. The number of halogens is 1. The predicted molar refractivity (Wildman–Crippen MR) is 49.7 cm³/mol. The molecule has 1 heterocycles. The number of hydrogen-bond acceptors (Lipinski definition) is 0. The van der Waals surface area contributed by atoms with E-state index in [0.717, 1.165) is 5.56 Å². The van der Waals surface area contributed by atoms with Crippen LogP contribution in [-0.2, 0) is 20.1 Å². The van der Waals surface area contributed by atoms with Crippen LogP contribution in [0.15, 0.2) is 48.4 Å². The summed E-state index contributed by atoms with van der Waals surface area (Å²) in [6.07, 6.45) is 4.39. The number of nitrogens with zero attached hydrogens (tertiary/aromatic N) is 1. The first-order chi connectivity index (χ1) is 6.36. The summed E-state index contributed by atoms with van der Waals surface area (Å²) in [6.45, 7) is 0. The van der Waals surface area contributed by atoms with Crippen molar-refractivity contribution in [1.82, 2.24) is 0 Å². The van der Waals surface area contributed by atoms with Gasteiger partial charge in [0, 0.05) is 20.1 Å². The Morgan fingerprint density at radius 2 is 2.21 bits per heavy atom. The van der Waals surface area contributed by atoms with Gasteiger partial charge in [-0.25, -0.2) is 4.39 Å². The number of hydrogen-bond donors (Lipinski definition) is 0. The summed E-state index contributed by atoms with van der Waals surface area (Å²) >= 11 is 0. The van der Waals surface area contributed by atoms with Crippen LogP contribution in [0, 0.1) is 6.07 Å². The number of rotatable bonds is 1. The van der Waals surface area contributed by atoms with Crippen molar-refractivity contribution in [3.63, 3.8) is 0 Å². The summed E-state index contributed by atoms with van der Waals surface area (Å²) in [5.41, 5.74) is 0.961. The van der Waals surface area contributed by atoms with Crippen molar-refractivity contribution in [2.75, 3.05) is 0 Å². The van der Waals surface area contributed by atoms with Crippen molar-refractivity contribution in [2.24, 2.45) is 0 Å². The molecule has 0 saturated heterocycles. The van der Waals surface area contributed by atoms with Crippen LogP contribution in [-0.4, -0.2) is 0 Å². The monoisotopic (exact) mass is 366 g/mol. The van der Waals surface area contributed by atoms with E-state index in [2.05, 4.69) is 11.4 Å². The van der Waals surface area contributed by atoms with E-state index in [9.17, 15) is 4.39 Å². The summed E-state index contributed by atoms with van der Waals surface area (Å²) < 4.78 is 12.5. The molecule has 0 spiro atoms. The van der Waals surface area contributed by atoms with Crippen LogP contribution in [0.4, 0.5) is 4.39 Å². The number of allylic oxidation sites excluding steroid dienone is 2. The van der Waals surface area contributed by atoms with E-state index >= 15 is 0 Å². The van der Waals surface area contributed by atoms with Gasteiger partial charge in [0.1, 0.15) is 5.83 Å². The third kappa shape index (κ3) is 2.53. The van der Waals surface area contributed by atoms with E-state index in [1.807, 2.05) is 24.3 Å². The van der Waals surface area contributed by atoms with Crippen LogP contribution in [0.2, 0.25) is 0 Å².